The van der Waals surface area contributed by atoms with Crippen molar-refractivity contribution in [1.29, 1.82) is 0 Å². The van der Waals surface area contributed by atoms with Gasteiger partial charge < -0.3 is 4.90 Å². The molecule has 1 fully saturated rings. The number of hydrogen-bond acceptors (Lipinski definition) is 3. The Kier molecular flexibility index (Phi) is 2.69. The van der Waals surface area contributed by atoms with Gasteiger partial charge in [0.15, 0.2) is 0 Å². The second-order valence-electron chi connectivity index (χ2n) is 3.62. The molecule has 0 atom stereocenters. The van der Waals surface area contributed by atoms with E-state index in [0.717, 1.165) is 6.42 Å². The molecule has 0 radical (unpaired) electrons. The van der Waals surface area contributed by atoms with Gasteiger partial charge in [0.05, 0.1) is 4.90 Å². The van der Waals surface area contributed by atoms with Crippen LogP contribution in [0.4, 0.5) is 5.69 Å². The Morgan fingerprint density at radius 3 is 2.62 bits per heavy atom. The zero-order valence-corrected chi connectivity index (χ0v) is 9.27. The zero-order valence-electron chi connectivity index (χ0n) is 8.46. The Hall–Kier alpha value is -1.40. The van der Waals surface area contributed by atoms with Gasteiger partial charge in [-0.2, -0.15) is 8.42 Å². The molecule has 1 aliphatic heterocycles. The lowest BCUT2D eigenvalue weighted by molar-refractivity contribution is -0.117. The Labute approximate surface area is 93.4 Å². The summed E-state index contributed by atoms with van der Waals surface area (Å²) in [5, 5.41) is 0. The van der Waals surface area contributed by atoms with Gasteiger partial charge in [0.2, 0.25) is 5.91 Å². The van der Waals surface area contributed by atoms with E-state index in [-0.39, 0.29) is 10.8 Å². The molecule has 0 aliphatic carbocycles. The fraction of sp³-hybridized carbons (Fsp3) is 0.300. The van der Waals surface area contributed by atoms with Gasteiger partial charge in [-0.1, -0.05) is 6.07 Å². The van der Waals surface area contributed by atoms with Crippen molar-refractivity contribution in [3.8, 4) is 0 Å². The van der Waals surface area contributed by atoms with Crippen LogP contribution in [0.25, 0.3) is 0 Å². The van der Waals surface area contributed by atoms with Crippen molar-refractivity contribution < 1.29 is 17.8 Å². The minimum atomic E-state index is -4.21. The van der Waals surface area contributed by atoms with Crippen LogP contribution in [0.3, 0.4) is 0 Å². The van der Waals surface area contributed by atoms with Crippen LogP contribution in [0, 0.1) is 0 Å². The summed E-state index contributed by atoms with van der Waals surface area (Å²) in [7, 11) is -4.21. The summed E-state index contributed by atoms with van der Waals surface area (Å²) >= 11 is 0. The molecule has 1 amide bonds. The zero-order chi connectivity index (χ0) is 11.8. The lowest BCUT2D eigenvalue weighted by Crippen LogP contribution is -2.23. The highest BCUT2D eigenvalue weighted by atomic mass is 32.2. The van der Waals surface area contributed by atoms with E-state index in [2.05, 4.69) is 0 Å². The number of carbonyl (C=O) groups is 1. The van der Waals surface area contributed by atoms with Gasteiger partial charge in [0.1, 0.15) is 0 Å². The van der Waals surface area contributed by atoms with E-state index < -0.39 is 10.1 Å². The van der Waals surface area contributed by atoms with Crippen LogP contribution in [-0.4, -0.2) is 25.4 Å². The number of benzene rings is 1. The molecule has 0 spiro atoms. The molecule has 16 heavy (non-hydrogen) atoms. The normalized spacial score (nSPS) is 16.8. The SMILES string of the molecule is O=C1CCCN1c1cccc(S(=O)(=O)O)c1. The van der Waals surface area contributed by atoms with Crippen molar-refractivity contribution in [3.63, 3.8) is 0 Å². The van der Waals surface area contributed by atoms with Crippen molar-refractivity contribution in [2.24, 2.45) is 0 Å². The first-order valence-corrected chi connectivity index (χ1v) is 6.30. The molecule has 0 saturated carbocycles. The summed E-state index contributed by atoms with van der Waals surface area (Å²) in [5.41, 5.74) is 0.512. The predicted molar refractivity (Wildman–Crippen MR) is 57.8 cm³/mol. The van der Waals surface area contributed by atoms with E-state index in [1.807, 2.05) is 0 Å². The second kappa shape index (κ2) is 3.88. The highest BCUT2D eigenvalue weighted by molar-refractivity contribution is 7.85. The minimum absolute atomic E-state index is 0.0208. The van der Waals surface area contributed by atoms with Crippen molar-refractivity contribution in [2.45, 2.75) is 17.7 Å². The second-order valence-corrected chi connectivity index (χ2v) is 5.04. The quantitative estimate of drug-likeness (QED) is 0.786. The maximum atomic E-state index is 11.4. The number of carbonyl (C=O) groups excluding carboxylic acids is 1. The van der Waals surface area contributed by atoms with E-state index in [9.17, 15) is 13.2 Å². The molecule has 1 saturated heterocycles. The summed E-state index contributed by atoms with van der Waals surface area (Å²) in [6.07, 6.45) is 1.25. The van der Waals surface area contributed by atoms with Gasteiger partial charge in [-0.3, -0.25) is 9.35 Å². The first kappa shape index (κ1) is 11.1. The van der Waals surface area contributed by atoms with Crippen LogP contribution in [0.5, 0.6) is 0 Å². The monoisotopic (exact) mass is 241 g/mol. The van der Waals surface area contributed by atoms with Gasteiger partial charge in [0.25, 0.3) is 10.1 Å². The molecule has 0 aromatic heterocycles. The largest absolute Gasteiger partial charge is 0.312 e. The molecule has 0 bridgehead atoms. The highest BCUT2D eigenvalue weighted by Crippen LogP contribution is 2.23. The lowest BCUT2D eigenvalue weighted by atomic mass is 10.3. The third-order valence-electron chi connectivity index (χ3n) is 2.50. The van der Waals surface area contributed by atoms with Crippen LogP contribution in [0.1, 0.15) is 12.8 Å². The van der Waals surface area contributed by atoms with Gasteiger partial charge in [-0.25, -0.2) is 0 Å². The Bertz CT molecular complexity index is 523. The molecule has 2 rings (SSSR count). The number of rotatable bonds is 2. The molecule has 0 unspecified atom stereocenters. The van der Waals surface area contributed by atoms with Crippen LogP contribution >= 0.6 is 0 Å². The van der Waals surface area contributed by atoms with E-state index in [4.69, 9.17) is 4.55 Å². The number of anilines is 1. The van der Waals surface area contributed by atoms with E-state index in [1.54, 1.807) is 6.07 Å². The first-order chi connectivity index (χ1) is 7.48. The van der Waals surface area contributed by atoms with Crippen LogP contribution in [0.15, 0.2) is 29.2 Å². The van der Waals surface area contributed by atoms with Crippen LogP contribution in [-0.2, 0) is 14.9 Å². The minimum Gasteiger partial charge on any atom is -0.312 e. The molecule has 86 valence electrons. The van der Waals surface area contributed by atoms with Crippen LogP contribution in [0.2, 0.25) is 0 Å². The standard InChI is InChI=1S/C10H11NO4S/c12-10-5-2-6-11(10)8-3-1-4-9(7-8)16(13,14)15/h1,3-4,7H,2,5-6H2,(H,13,14,15). The third-order valence-corrected chi connectivity index (χ3v) is 3.35. The van der Waals surface area contributed by atoms with Crippen molar-refractivity contribution in [1.82, 2.24) is 0 Å². The summed E-state index contributed by atoms with van der Waals surface area (Å²) in [5.74, 6) is -0.0208. The maximum absolute atomic E-state index is 11.4. The molecule has 1 heterocycles. The van der Waals surface area contributed by atoms with Gasteiger partial charge in [-0.15, -0.1) is 0 Å². The fourth-order valence-corrected chi connectivity index (χ4v) is 2.25. The van der Waals surface area contributed by atoms with Crippen molar-refractivity contribution >= 4 is 21.7 Å². The summed E-state index contributed by atoms with van der Waals surface area (Å²) in [4.78, 5) is 12.8. The van der Waals surface area contributed by atoms with E-state index in [1.165, 1.54) is 23.1 Å². The smallest absolute Gasteiger partial charge is 0.294 e. The summed E-state index contributed by atoms with van der Waals surface area (Å²) in [6.45, 7) is 0.591. The molecule has 5 nitrogen and oxygen atoms in total. The topological polar surface area (TPSA) is 74.7 Å². The highest BCUT2D eigenvalue weighted by Gasteiger charge is 2.22. The summed E-state index contributed by atoms with van der Waals surface area (Å²) < 4.78 is 30.8. The predicted octanol–water partition coefficient (Wildman–Crippen LogP) is 1.06. The Balaban J connectivity index is 2.40. The lowest BCUT2D eigenvalue weighted by Gasteiger charge is -2.15. The molecule has 1 aromatic rings. The number of amides is 1. The van der Waals surface area contributed by atoms with Crippen LogP contribution < -0.4 is 4.90 Å². The van der Waals surface area contributed by atoms with Crippen molar-refractivity contribution in [2.75, 3.05) is 11.4 Å². The molecule has 1 N–H and O–H groups in total. The Morgan fingerprint density at radius 1 is 1.31 bits per heavy atom. The maximum Gasteiger partial charge on any atom is 0.294 e. The fourth-order valence-electron chi connectivity index (χ4n) is 1.73. The molecule has 6 heteroatoms. The number of hydrogen-bond donors (Lipinski definition) is 1. The summed E-state index contributed by atoms with van der Waals surface area (Å²) in [6, 6.07) is 5.75. The van der Waals surface area contributed by atoms with Gasteiger partial charge in [-0.05, 0) is 24.6 Å². The Morgan fingerprint density at radius 2 is 2.06 bits per heavy atom. The molecular weight excluding hydrogens is 230 g/mol. The van der Waals surface area contributed by atoms with Crippen molar-refractivity contribution in [3.05, 3.63) is 24.3 Å². The first-order valence-electron chi connectivity index (χ1n) is 4.86. The van der Waals surface area contributed by atoms with Gasteiger partial charge >= 0.3 is 0 Å². The number of nitrogens with zero attached hydrogens (tertiary/aromatic N) is 1. The third kappa shape index (κ3) is 2.07. The van der Waals surface area contributed by atoms with E-state index in [0.29, 0.717) is 18.7 Å². The average molecular weight is 241 g/mol. The van der Waals surface area contributed by atoms with E-state index >= 15 is 0 Å². The molecule has 1 aromatic carbocycles. The molecular formula is C10H11NO4S. The van der Waals surface area contributed by atoms with Gasteiger partial charge in [0, 0.05) is 18.7 Å². The molecule has 1 aliphatic rings. The average Bonchev–Trinajstić information content (AvgIpc) is 2.63.